The molecule has 1 aliphatic heterocycles. The van der Waals surface area contributed by atoms with Gasteiger partial charge in [0.1, 0.15) is 5.82 Å². The smallest absolute Gasteiger partial charge is 0.255 e. The van der Waals surface area contributed by atoms with Crippen molar-refractivity contribution in [1.82, 2.24) is 4.57 Å². The molecule has 0 radical (unpaired) electrons. The number of rotatable bonds is 4. The van der Waals surface area contributed by atoms with Gasteiger partial charge >= 0.3 is 0 Å². The molecular weight excluding hydrogens is 325 g/mol. The molecule has 0 atom stereocenters. The molecule has 0 unspecified atom stereocenters. The molecule has 1 fully saturated rings. The van der Waals surface area contributed by atoms with E-state index in [1.807, 2.05) is 11.8 Å². The number of aromatic nitrogens is 1. The fourth-order valence-corrected chi connectivity index (χ4v) is 2.77. The Balaban J connectivity index is 1.82. The third-order valence-corrected chi connectivity index (χ3v) is 4.10. The molecular formula is C18H20FN3O3. The number of pyridine rings is 1. The van der Waals surface area contributed by atoms with E-state index in [-0.39, 0.29) is 11.1 Å². The Labute approximate surface area is 144 Å². The van der Waals surface area contributed by atoms with Gasteiger partial charge in [0.2, 0.25) is 0 Å². The normalized spacial score (nSPS) is 14.4. The third kappa shape index (κ3) is 4.06. The quantitative estimate of drug-likeness (QED) is 0.922. The lowest BCUT2D eigenvalue weighted by Crippen LogP contribution is -2.36. The van der Waals surface area contributed by atoms with Gasteiger partial charge in [-0.2, -0.15) is 0 Å². The van der Waals surface area contributed by atoms with Crippen LogP contribution < -0.4 is 15.8 Å². The number of aryl methyl sites for hydroxylation is 1. The van der Waals surface area contributed by atoms with Gasteiger partial charge in [-0.1, -0.05) is 0 Å². The number of nitrogens with one attached hydrogen (secondary N) is 1. The number of amides is 1. The fraction of sp³-hybridized carbons (Fsp3) is 0.333. The second kappa shape index (κ2) is 7.48. The summed E-state index contributed by atoms with van der Waals surface area (Å²) in [7, 11) is 0. The van der Waals surface area contributed by atoms with Crippen LogP contribution in [-0.2, 0) is 11.3 Å². The summed E-state index contributed by atoms with van der Waals surface area (Å²) in [6, 6.07) is 7.21. The largest absolute Gasteiger partial charge is 0.378 e. The van der Waals surface area contributed by atoms with Crippen LogP contribution in [0.2, 0.25) is 0 Å². The van der Waals surface area contributed by atoms with Crippen molar-refractivity contribution in [3.8, 4) is 0 Å². The Bertz CT molecular complexity index is 829. The number of carbonyl (C=O) groups is 1. The van der Waals surface area contributed by atoms with E-state index in [2.05, 4.69) is 5.32 Å². The van der Waals surface area contributed by atoms with E-state index in [0.29, 0.717) is 44.2 Å². The highest BCUT2D eigenvalue weighted by Gasteiger charge is 2.16. The Morgan fingerprint density at radius 1 is 1.24 bits per heavy atom. The zero-order valence-corrected chi connectivity index (χ0v) is 14.0. The van der Waals surface area contributed by atoms with Crippen molar-refractivity contribution in [2.45, 2.75) is 13.5 Å². The lowest BCUT2D eigenvalue weighted by molar-refractivity contribution is 0.102. The van der Waals surface area contributed by atoms with E-state index in [1.165, 1.54) is 28.8 Å². The summed E-state index contributed by atoms with van der Waals surface area (Å²) in [5.41, 5.74) is 1.24. The van der Waals surface area contributed by atoms with Gasteiger partial charge in [-0.3, -0.25) is 9.59 Å². The predicted octanol–water partition coefficient (Wildman–Crippen LogP) is 2.10. The van der Waals surface area contributed by atoms with Crippen LogP contribution in [0.5, 0.6) is 0 Å². The molecule has 25 heavy (non-hydrogen) atoms. The maximum Gasteiger partial charge on any atom is 0.255 e. The number of morpholine rings is 1. The highest BCUT2D eigenvalue weighted by atomic mass is 19.1. The first kappa shape index (κ1) is 17.2. The van der Waals surface area contributed by atoms with E-state index >= 15 is 0 Å². The van der Waals surface area contributed by atoms with Gasteiger partial charge in [0, 0.05) is 43.1 Å². The number of anilines is 2. The minimum Gasteiger partial charge on any atom is -0.378 e. The van der Waals surface area contributed by atoms with E-state index in [4.69, 9.17) is 4.74 Å². The van der Waals surface area contributed by atoms with Crippen molar-refractivity contribution in [2.75, 3.05) is 36.5 Å². The van der Waals surface area contributed by atoms with Crippen molar-refractivity contribution in [3.05, 3.63) is 58.3 Å². The highest BCUT2D eigenvalue weighted by molar-refractivity contribution is 6.04. The molecule has 6 nitrogen and oxygen atoms in total. The minimum absolute atomic E-state index is 0.138. The van der Waals surface area contributed by atoms with Crippen molar-refractivity contribution in [3.63, 3.8) is 0 Å². The van der Waals surface area contributed by atoms with Gasteiger partial charge in [0.05, 0.1) is 18.9 Å². The average Bonchev–Trinajstić information content (AvgIpc) is 2.63. The Kier molecular flexibility index (Phi) is 5.14. The molecule has 0 aliphatic carbocycles. The van der Waals surface area contributed by atoms with Crippen molar-refractivity contribution >= 4 is 17.3 Å². The molecule has 1 N–H and O–H groups in total. The van der Waals surface area contributed by atoms with Crippen molar-refractivity contribution in [2.24, 2.45) is 0 Å². The third-order valence-electron chi connectivity index (χ3n) is 4.10. The van der Waals surface area contributed by atoms with Crippen molar-refractivity contribution < 1.29 is 13.9 Å². The summed E-state index contributed by atoms with van der Waals surface area (Å²) >= 11 is 0. The first-order chi connectivity index (χ1) is 12.1. The summed E-state index contributed by atoms with van der Waals surface area (Å²) in [6.07, 6.45) is 1.57. The molecule has 132 valence electrons. The zero-order chi connectivity index (χ0) is 17.8. The Hall–Kier alpha value is -2.67. The summed E-state index contributed by atoms with van der Waals surface area (Å²) in [4.78, 5) is 26.1. The lowest BCUT2D eigenvalue weighted by atomic mass is 10.1. The number of carbonyl (C=O) groups excluding carboxylic acids is 1. The summed E-state index contributed by atoms with van der Waals surface area (Å²) in [5, 5.41) is 2.71. The van der Waals surface area contributed by atoms with E-state index < -0.39 is 11.7 Å². The van der Waals surface area contributed by atoms with E-state index in [9.17, 15) is 14.0 Å². The molecule has 2 aromatic rings. The van der Waals surface area contributed by atoms with Gasteiger partial charge in [-0.05, 0) is 31.2 Å². The molecule has 0 saturated carbocycles. The second-order valence-corrected chi connectivity index (χ2v) is 5.79. The van der Waals surface area contributed by atoms with Crippen LogP contribution in [-0.4, -0.2) is 36.8 Å². The van der Waals surface area contributed by atoms with Gasteiger partial charge in [-0.25, -0.2) is 4.39 Å². The molecule has 1 amide bonds. The van der Waals surface area contributed by atoms with Crippen LogP contribution in [0.15, 0.2) is 41.3 Å². The molecule has 0 bridgehead atoms. The highest BCUT2D eigenvalue weighted by Crippen LogP contribution is 2.20. The molecule has 1 aliphatic rings. The second-order valence-electron chi connectivity index (χ2n) is 5.79. The SMILES string of the molecule is CCn1cc(NC(=O)c2cc(F)cc(N3CCOCC3)c2)ccc1=O. The number of benzene rings is 1. The van der Waals surface area contributed by atoms with Crippen LogP contribution in [0, 0.1) is 5.82 Å². The monoisotopic (exact) mass is 345 g/mol. The standard InChI is InChI=1S/C18H20FN3O3/c1-2-21-12-15(3-4-17(21)23)20-18(24)13-9-14(19)11-16(10-13)22-5-7-25-8-6-22/h3-4,9-12H,2,5-8H2,1H3,(H,20,24). The van der Waals surface area contributed by atoms with Crippen LogP contribution in [0.1, 0.15) is 17.3 Å². The fourth-order valence-electron chi connectivity index (χ4n) is 2.77. The van der Waals surface area contributed by atoms with Crippen LogP contribution >= 0.6 is 0 Å². The van der Waals surface area contributed by atoms with Crippen LogP contribution in [0.3, 0.4) is 0 Å². The zero-order valence-electron chi connectivity index (χ0n) is 14.0. The molecule has 1 aromatic heterocycles. The van der Waals surface area contributed by atoms with Gasteiger partial charge in [0.25, 0.3) is 11.5 Å². The molecule has 0 spiro atoms. The van der Waals surface area contributed by atoms with Crippen molar-refractivity contribution in [1.29, 1.82) is 0 Å². The van der Waals surface area contributed by atoms with E-state index in [0.717, 1.165) is 0 Å². The minimum atomic E-state index is -0.465. The average molecular weight is 345 g/mol. The van der Waals surface area contributed by atoms with Gasteiger partial charge in [0.15, 0.2) is 0 Å². The van der Waals surface area contributed by atoms with Crippen LogP contribution in [0.25, 0.3) is 0 Å². The summed E-state index contributed by atoms with van der Waals surface area (Å²) in [5.74, 6) is -0.886. The molecule has 7 heteroatoms. The first-order valence-electron chi connectivity index (χ1n) is 8.22. The predicted molar refractivity (Wildman–Crippen MR) is 93.8 cm³/mol. The summed E-state index contributed by atoms with van der Waals surface area (Å²) in [6.45, 7) is 4.82. The number of nitrogens with zero attached hydrogens (tertiary/aromatic N) is 2. The Morgan fingerprint density at radius 3 is 2.72 bits per heavy atom. The maximum absolute atomic E-state index is 14.0. The van der Waals surface area contributed by atoms with Gasteiger partial charge < -0.3 is 19.5 Å². The Morgan fingerprint density at radius 2 is 2.00 bits per heavy atom. The molecule has 1 saturated heterocycles. The summed E-state index contributed by atoms with van der Waals surface area (Å²) < 4.78 is 20.8. The number of ether oxygens (including phenoxy) is 1. The first-order valence-corrected chi connectivity index (χ1v) is 8.22. The maximum atomic E-state index is 14.0. The lowest BCUT2D eigenvalue weighted by Gasteiger charge is -2.29. The topological polar surface area (TPSA) is 63.6 Å². The molecule has 1 aromatic carbocycles. The van der Waals surface area contributed by atoms with Crippen LogP contribution in [0.4, 0.5) is 15.8 Å². The number of halogens is 1. The van der Waals surface area contributed by atoms with Gasteiger partial charge in [-0.15, -0.1) is 0 Å². The van der Waals surface area contributed by atoms with E-state index in [1.54, 1.807) is 12.3 Å². The number of hydrogen-bond acceptors (Lipinski definition) is 4. The molecule has 2 heterocycles. The molecule has 3 rings (SSSR count). The number of hydrogen-bond donors (Lipinski definition) is 1.